The minimum absolute atomic E-state index is 0.285. The van der Waals surface area contributed by atoms with Crippen LogP contribution >= 0.6 is 0 Å². The average Bonchev–Trinajstić information content (AvgIpc) is 2.97. The molecule has 1 N–H and O–H groups in total. The number of hydrogen-bond donors (Lipinski definition) is 1. The van der Waals surface area contributed by atoms with Crippen LogP contribution in [0.15, 0.2) is 18.2 Å². The van der Waals surface area contributed by atoms with Gasteiger partial charge in [-0.3, -0.25) is 0 Å². The van der Waals surface area contributed by atoms with Gasteiger partial charge in [-0.1, -0.05) is 13.0 Å². The number of nitrogens with zero attached hydrogens (tertiary/aromatic N) is 1. The Morgan fingerprint density at radius 2 is 2.05 bits per heavy atom. The number of benzene rings is 1. The van der Waals surface area contributed by atoms with E-state index in [-0.39, 0.29) is 6.79 Å². The van der Waals surface area contributed by atoms with E-state index in [0.29, 0.717) is 19.8 Å². The molecule has 1 unspecified atom stereocenters. The first-order valence-electron chi connectivity index (χ1n) is 8.07. The van der Waals surface area contributed by atoms with Crippen molar-refractivity contribution in [3.63, 3.8) is 0 Å². The number of aliphatic hydroxyl groups is 1. The van der Waals surface area contributed by atoms with Crippen molar-refractivity contribution in [2.24, 2.45) is 5.92 Å². The lowest BCUT2D eigenvalue weighted by Gasteiger charge is -2.31. The molecule has 0 saturated carbocycles. The third-order valence-electron chi connectivity index (χ3n) is 4.36. The molecule has 3 rings (SSSR count). The van der Waals surface area contributed by atoms with Gasteiger partial charge in [0.1, 0.15) is 0 Å². The number of fused-ring (bicyclic) bond motifs is 1. The Bertz CT molecular complexity index is 486. The molecule has 0 bridgehead atoms. The van der Waals surface area contributed by atoms with Crippen LogP contribution in [0.3, 0.4) is 0 Å². The predicted molar refractivity (Wildman–Crippen MR) is 83.1 cm³/mol. The van der Waals surface area contributed by atoms with Crippen LogP contribution in [0.5, 0.6) is 11.5 Å². The van der Waals surface area contributed by atoms with E-state index < -0.39 is 6.10 Å². The van der Waals surface area contributed by atoms with Crippen molar-refractivity contribution in [1.29, 1.82) is 0 Å². The molecule has 0 radical (unpaired) electrons. The maximum Gasteiger partial charge on any atom is 0.231 e. The molecule has 0 aliphatic carbocycles. The van der Waals surface area contributed by atoms with Gasteiger partial charge in [0.25, 0.3) is 0 Å². The highest BCUT2D eigenvalue weighted by Gasteiger charge is 2.18. The fourth-order valence-corrected chi connectivity index (χ4v) is 2.94. The van der Waals surface area contributed by atoms with Crippen LogP contribution in [0, 0.1) is 5.92 Å². The predicted octanol–water partition coefficient (Wildman–Crippen LogP) is 2.02. The second-order valence-electron chi connectivity index (χ2n) is 6.34. The fourth-order valence-electron chi connectivity index (χ4n) is 2.94. The number of likely N-dealkylation sites (tertiary alicyclic amines) is 1. The third kappa shape index (κ3) is 4.12. The molecule has 5 heteroatoms. The Hall–Kier alpha value is -1.30. The molecule has 1 saturated heterocycles. The Balaban J connectivity index is 1.37. The zero-order valence-corrected chi connectivity index (χ0v) is 13.2. The van der Waals surface area contributed by atoms with Crippen LogP contribution in [0.25, 0.3) is 0 Å². The summed E-state index contributed by atoms with van der Waals surface area (Å²) in [6, 6.07) is 5.79. The number of ether oxygens (including phenoxy) is 3. The standard InChI is InChI=1S/C17H25NO4/c1-13-4-6-18(7-5-13)9-15(19)11-20-10-14-2-3-16-17(8-14)22-12-21-16/h2-3,8,13,15,19H,4-7,9-12H2,1H3. The van der Waals surface area contributed by atoms with Crippen LogP contribution in [0.2, 0.25) is 0 Å². The number of aliphatic hydroxyl groups excluding tert-OH is 1. The molecule has 2 aliphatic heterocycles. The van der Waals surface area contributed by atoms with Gasteiger partial charge < -0.3 is 24.2 Å². The van der Waals surface area contributed by atoms with E-state index in [2.05, 4.69) is 11.8 Å². The van der Waals surface area contributed by atoms with Gasteiger partial charge in [0.2, 0.25) is 6.79 Å². The van der Waals surface area contributed by atoms with E-state index >= 15 is 0 Å². The second-order valence-corrected chi connectivity index (χ2v) is 6.34. The molecular weight excluding hydrogens is 282 g/mol. The quantitative estimate of drug-likeness (QED) is 0.871. The summed E-state index contributed by atoms with van der Waals surface area (Å²) in [7, 11) is 0. The summed E-state index contributed by atoms with van der Waals surface area (Å²) >= 11 is 0. The number of rotatable bonds is 6. The lowest BCUT2D eigenvalue weighted by molar-refractivity contribution is 0.00494. The first kappa shape index (κ1) is 15.6. The number of hydrogen-bond acceptors (Lipinski definition) is 5. The van der Waals surface area contributed by atoms with E-state index in [1.54, 1.807) is 0 Å². The first-order chi connectivity index (χ1) is 10.7. The second kappa shape index (κ2) is 7.31. The number of β-amino-alcohol motifs (C(OH)–C–C–N with tert-alkyl or cyclic N) is 1. The molecule has 2 heterocycles. The van der Waals surface area contributed by atoms with Crippen molar-refractivity contribution in [2.75, 3.05) is 33.0 Å². The van der Waals surface area contributed by atoms with Gasteiger partial charge in [0, 0.05) is 6.54 Å². The first-order valence-corrected chi connectivity index (χ1v) is 8.07. The average molecular weight is 307 g/mol. The molecule has 5 nitrogen and oxygen atoms in total. The highest BCUT2D eigenvalue weighted by atomic mass is 16.7. The van der Waals surface area contributed by atoms with E-state index in [1.165, 1.54) is 12.8 Å². The highest BCUT2D eigenvalue weighted by molar-refractivity contribution is 5.44. The van der Waals surface area contributed by atoms with Gasteiger partial charge in [0.15, 0.2) is 11.5 Å². The van der Waals surface area contributed by atoms with Crippen LogP contribution in [-0.2, 0) is 11.3 Å². The van der Waals surface area contributed by atoms with Crippen molar-refractivity contribution >= 4 is 0 Å². The molecule has 0 spiro atoms. The summed E-state index contributed by atoms with van der Waals surface area (Å²) in [6.07, 6.45) is 2.03. The van der Waals surface area contributed by atoms with Gasteiger partial charge >= 0.3 is 0 Å². The zero-order chi connectivity index (χ0) is 15.4. The van der Waals surface area contributed by atoms with Gasteiger partial charge in [-0.25, -0.2) is 0 Å². The van der Waals surface area contributed by atoms with E-state index in [9.17, 15) is 5.11 Å². The van der Waals surface area contributed by atoms with Crippen LogP contribution in [-0.4, -0.2) is 49.1 Å². The van der Waals surface area contributed by atoms with Crippen LogP contribution in [0.1, 0.15) is 25.3 Å². The molecule has 0 amide bonds. The zero-order valence-electron chi connectivity index (χ0n) is 13.2. The van der Waals surface area contributed by atoms with Crippen molar-refractivity contribution in [2.45, 2.75) is 32.5 Å². The van der Waals surface area contributed by atoms with Crippen molar-refractivity contribution in [1.82, 2.24) is 4.90 Å². The molecule has 122 valence electrons. The minimum atomic E-state index is -0.428. The summed E-state index contributed by atoms with van der Waals surface area (Å²) in [5.41, 5.74) is 1.03. The number of piperidine rings is 1. The normalized spacial score (nSPS) is 20.3. The molecule has 1 fully saturated rings. The largest absolute Gasteiger partial charge is 0.454 e. The SMILES string of the molecule is CC1CCN(CC(O)COCc2ccc3c(c2)OCO3)CC1. The maximum atomic E-state index is 10.1. The Morgan fingerprint density at radius 1 is 1.27 bits per heavy atom. The summed E-state index contributed by atoms with van der Waals surface area (Å²) < 4.78 is 16.3. The summed E-state index contributed by atoms with van der Waals surface area (Å²) in [6.45, 7) is 6.29. The highest BCUT2D eigenvalue weighted by Crippen LogP contribution is 2.32. The molecular formula is C17H25NO4. The molecule has 1 atom stereocenters. The summed E-state index contributed by atoms with van der Waals surface area (Å²) in [4.78, 5) is 2.33. The Morgan fingerprint density at radius 3 is 2.86 bits per heavy atom. The van der Waals surface area contributed by atoms with E-state index in [1.807, 2.05) is 18.2 Å². The molecule has 1 aromatic carbocycles. The van der Waals surface area contributed by atoms with Gasteiger partial charge in [-0.05, 0) is 49.5 Å². The topological polar surface area (TPSA) is 51.2 Å². The van der Waals surface area contributed by atoms with Crippen LogP contribution in [0.4, 0.5) is 0 Å². The van der Waals surface area contributed by atoms with E-state index in [0.717, 1.165) is 36.1 Å². The molecule has 1 aromatic rings. The van der Waals surface area contributed by atoms with Gasteiger partial charge in [0.05, 0.1) is 19.3 Å². The summed E-state index contributed by atoms with van der Waals surface area (Å²) in [5, 5.41) is 10.1. The third-order valence-corrected chi connectivity index (χ3v) is 4.36. The lowest BCUT2D eigenvalue weighted by Crippen LogP contribution is -2.39. The molecule has 2 aliphatic rings. The Labute approximate surface area is 131 Å². The smallest absolute Gasteiger partial charge is 0.231 e. The lowest BCUT2D eigenvalue weighted by atomic mass is 9.99. The fraction of sp³-hybridized carbons (Fsp3) is 0.647. The molecule has 0 aromatic heterocycles. The summed E-state index contributed by atoms with van der Waals surface area (Å²) in [5.74, 6) is 2.36. The van der Waals surface area contributed by atoms with Crippen LogP contribution < -0.4 is 9.47 Å². The molecule has 22 heavy (non-hydrogen) atoms. The van der Waals surface area contributed by atoms with E-state index in [4.69, 9.17) is 14.2 Å². The van der Waals surface area contributed by atoms with Gasteiger partial charge in [-0.2, -0.15) is 0 Å². The van der Waals surface area contributed by atoms with Crippen molar-refractivity contribution in [3.05, 3.63) is 23.8 Å². The maximum absolute atomic E-state index is 10.1. The van der Waals surface area contributed by atoms with Gasteiger partial charge in [-0.15, -0.1) is 0 Å². The Kier molecular flexibility index (Phi) is 5.18. The van der Waals surface area contributed by atoms with Crippen molar-refractivity contribution < 1.29 is 19.3 Å². The monoisotopic (exact) mass is 307 g/mol. The minimum Gasteiger partial charge on any atom is -0.454 e. The van der Waals surface area contributed by atoms with Crippen molar-refractivity contribution in [3.8, 4) is 11.5 Å².